The number of hydrogen-bond donors (Lipinski definition) is 3. The molecule has 0 heterocycles. The molecule has 0 saturated carbocycles. The Morgan fingerprint density at radius 1 is 0.939 bits per heavy atom. The van der Waals surface area contributed by atoms with Gasteiger partial charge in [-0.1, -0.05) is 66.7 Å². The lowest BCUT2D eigenvalue weighted by Gasteiger charge is -2.08. The number of hydrazone groups is 1. The molecular weight excluding hydrogens is 418 g/mol. The second kappa shape index (κ2) is 11.7. The fourth-order valence-electron chi connectivity index (χ4n) is 2.81. The van der Waals surface area contributed by atoms with E-state index in [0.29, 0.717) is 11.1 Å². The third-order valence-electron chi connectivity index (χ3n) is 4.50. The number of allylic oxidation sites excluding steroid dienone is 2. The number of hydrogen-bond acceptors (Lipinski definition) is 5. The standard InChI is InChI=1S/C26H23N3O4/c1-33-23-17-9-15-21(24(23)30)18-27-29-26(32)22(16-8-12-19-10-4-2-5-11-19)28-25(31)20-13-6-3-7-14-20/h2-18,30H,1H3,(H,28,31)(H,29,32)/b12-8+,22-16-,27-18-. The number of nitrogens with one attached hydrogen (secondary N) is 2. The van der Waals surface area contributed by atoms with Gasteiger partial charge in [0.1, 0.15) is 5.70 Å². The zero-order valence-electron chi connectivity index (χ0n) is 17.9. The molecular formula is C26H23N3O4. The van der Waals surface area contributed by atoms with Crippen molar-refractivity contribution in [1.82, 2.24) is 10.7 Å². The SMILES string of the molecule is COc1cccc(/C=N\NC(=O)/C(=C/C=C/c2ccccc2)NC(=O)c2ccccc2)c1O. The van der Waals surface area contributed by atoms with Crippen LogP contribution in [-0.2, 0) is 4.79 Å². The van der Waals surface area contributed by atoms with Gasteiger partial charge in [-0.2, -0.15) is 5.10 Å². The summed E-state index contributed by atoms with van der Waals surface area (Å²) in [5, 5.41) is 16.6. The van der Waals surface area contributed by atoms with Gasteiger partial charge in [-0.15, -0.1) is 0 Å². The minimum absolute atomic E-state index is 0.00282. The molecule has 0 aliphatic heterocycles. The highest BCUT2D eigenvalue weighted by molar-refractivity contribution is 6.03. The second-order valence-electron chi connectivity index (χ2n) is 6.77. The quantitative estimate of drug-likeness (QED) is 0.214. The molecule has 0 bridgehead atoms. The summed E-state index contributed by atoms with van der Waals surface area (Å²) in [5.74, 6) is -0.876. The van der Waals surface area contributed by atoms with Gasteiger partial charge in [-0.05, 0) is 35.9 Å². The number of para-hydroxylation sites is 1. The smallest absolute Gasteiger partial charge is 0.287 e. The molecule has 3 aromatic rings. The molecule has 3 N–H and O–H groups in total. The monoisotopic (exact) mass is 441 g/mol. The van der Waals surface area contributed by atoms with E-state index >= 15 is 0 Å². The van der Waals surface area contributed by atoms with E-state index in [2.05, 4.69) is 15.8 Å². The van der Waals surface area contributed by atoms with Gasteiger partial charge in [-0.3, -0.25) is 9.59 Å². The van der Waals surface area contributed by atoms with Crippen LogP contribution >= 0.6 is 0 Å². The predicted octanol–water partition coefficient (Wildman–Crippen LogP) is 3.88. The number of amides is 2. The fraction of sp³-hybridized carbons (Fsp3) is 0.0385. The summed E-state index contributed by atoms with van der Waals surface area (Å²) >= 11 is 0. The Bertz CT molecular complexity index is 1190. The number of phenolic OH excluding ortho intramolecular Hbond substituents is 1. The second-order valence-corrected chi connectivity index (χ2v) is 6.77. The molecule has 0 atom stereocenters. The van der Waals surface area contributed by atoms with Gasteiger partial charge in [0.2, 0.25) is 0 Å². The lowest BCUT2D eigenvalue weighted by Crippen LogP contribution is -2.32. The van der Waals surface area contributed by atoms with E-state index in [9.17, 15) is 14.7 Å². The molecule has 0 unspecified atom stereocenters. The van der Waals surface area contributed by atoms with Crippen molar-refractivity contribution in [2.75, 3.05) is 7.11 Å². The minimum Gasteiger partial charge on any atom is -0.504 e. The largest absolute Gasteiger partial charge is 0.504 e. The molecule has 0 saturated heterocycles. The molecule has 0 spiro atoms. The molecule has 0 fully saturated rings. The molecule has 7 heteroatoms. The van der Waals surface area contributed by atoms with Crippen LogP contribution in [0.15, 0.2) is 102 Å². The van der Waals surface area contributed by atoms with E-state index in [1.54, 1.807) is 60.7 Å². The van der Waals surface area contributed by atoms with E-state index < -0.39 is 11.8 Å². The van der Waals surface area contributed by atoms with Crippen LogP contribution in [-0.4, -0.2) is 30.2 Å². The first-order valence-corrected chi connectivity index (χ1v) is 10.1. The first-order valence-electron chi connectivity index (χ1n) is 10.1. The number of rotatable bonds is 8. The number of carbonyl (C=O) groups is 2. The third kappa shape index (κ3) is 6.67. The summed E-state index contributed by atoms with van der Waals surface area (Å²) in [6, 6.07) is 23.0. The number of phenols is 1. The molecule has 0 radical (unpaired) electrons. The number of carbonyl (C=O) groups excluding carboxylic acids is 2. The molecule has 0 aromatic heterocycles. The summed E-state index contributed by atoms with van der Waals surface area (Å²) in [6.45, 7) is 0. The van der Waals surface area contributed by atoms with E-state index in [4.69, 9.17) is 4.74 Å². The topological polar surface area (TPSA) is 100 Å². The highest BCUT2D eigenvalue weighted by Gasteiger charge is 2.13. The molecule has 0 aliphatic carbocycles. The number of methoxy groups -OCH3 is 1. The lowest BCUT2D eigenvalue weighted by molar-refractivity contribution is -0.117. The zero-order valence-corrected chi connectivity index (χ0v) is 17.9. The van der Waals surface area contributed by atoms with Gasteiger partial charge in [0.25, 0.3) is 11.8 Å². The van der Waals surface area contributed by atoms with Crippen molar-refractivity contribution < 1.29 is 19.4 Å². The average molecular weight is 441 g/mol. The van der Waals surface area contributed by atoms with Crippen LogP contribution in [0.4, 0.5) is 0 Å². The Labute approximate surface area is 191 Å². The van der Waals surface area contributed by atoms with Crippen LogP contribution in [0.25, 0.3) is 6.08 Å². The number of aromatic hydroxyl groups is 1. The Balaban J connectivity index is 1.77. The molecule has 166 valence electrons. The summed E-state index contributed by atoms with van der Waals surface area (Å²) < 4.78 is 5.05. The lowest BCUT2D eigenvalue weighted by atomic mass is 10.2. The number of benzene rings is 3. The van der Waals surface area contributed by atoms with Gasteiger partial charge in [0.05, 0.1) is 13.3 Å². The number of ether oxygens (including phenoxy) is 1. The Kier molecular flexibility index (Phi) is 8.14. The summed E-state index contributed by atoms with van der Waals surface area (Å²) in [6.07, 6.45) is 6.24. The molecule has 2 amide bonds. The first-order chi connectivity index (χ1) is 16.1. The van der Waals surface area contributed by atoms with Crippen molar-refractivity contribution in [3.8, 4) is 11.5 Å². The third-order valence-corrected chi connectivity index (χ3v) is 4.50. The van der Waals surface area contributed by atoms with Gasteiger partial charge < -0.3 is 15.2 Å². The normalized spacial score (nSPS) is 11.5. The molecule has 7 nitrogen and oxygen atoms in total. The summed E-state index contributed by atoms with van der Waals surface area (Å²) in [4.78, 5) is 25.3. The van der Waals surface area contributed by atoms with Crippen LogP contribution in [0.5, 0.6) is 11.5 Å². The van der Waals surface area contributed by atoms with Crippen molar-refractivity contribution in [3.05, 3.63) is 113 Å². The maximum absolute atomic E-state index is 12.7. The van der Waals surface area contributed by atoms with Crippen molar-refractivity contribution in [2.24, 2.45) is 5.10 Å². The van der Waals surface area contributed by atoms with Crippen molar-refractivity contribution in [1.29, 1.82) is 0 Å². The van der Waals surface area contributed by atoms with Crippen LogP contribution in [0.1, 0.15) is 21.5 Å². The van der Waals surface area contributed by atoms with Crippen molar-refractivity contribution in [2.45, 2.75) is 0 Å². The average Bonchev–Trinajstić information content (AvgIpc) is 2.85. The van der Waals surface area contributed by atoms with E-state index in [0.717, 1.165) is 5.56 Å². The van der Waals surface area contributed by atoms with Crippen LogP contribution in [0.2, 0.25) is 0 Å². The minimum atomic E-state index is -0.629. The van der Waals surface area contributed by atoms with E-state index in [1.807, 2.05) is 30.3 Å². The van der Waals surface area contributed by atoms with Gasteiger partial charge >= 0.3 is 0 Å². The predicted molar refractivity (Wildman–Crippen MR) is 128 cm³/mol. The summed E-state index contributed by atoms with van der Waals surface area (Å²) in [7, 11) is 1.44. The highest BCUT2D eigenvalue weighted by atomic mass is 16.5. The molecule has 33 heavy (non-hydrogen) atoms. The van der Waals surface area contributed by atoms with E-state index in [-0.39, 0.29) is 17.2 Å². The maximum atomic E-state index is 12.7. The Hall–Kier alpha value is -4.65. The van der Waals surface area contributed by atoms with Crippen molar-refractivity contribution >= 4 is 24.1 Å². The van der Waals surface area contributed by atoms with Gasteiger partial charge in [0.15, 0.2) is 11.5 Å². The first kappa shape index (κ1) is 23.0. The van der Waals surface area contributed by atoms with E-state index in [1.165, 1.54) is 19.4 Å². The van der Waals surface area contributed by atoms with Gasteiger partial charge in [0, 0.05) is 11.1 Å². The van der Waals surface area contributed by atoms with Crippen molar-refractivity contribution in [3.63, 3.8) is 0 Å². The summed E-state index contributed by atoms with van der Waals surface area (Å²) in [5.41, 5.74) is 4.07. The Morgan fingerprint density at radius 3 is 2.33 bits per heavy atom. The molecule has 3 rings (SSSR count). The molecule has 0 aliphatic rings. The van der Waals surface area contributed by atoms with Crippen LogP contribution < -0.4 is 15.5 Å². The molecule has 3 aromatic carbocycles. The highest BCUT2D eigenvalue weighted by Crippen LogP contribution is 2.27. The maximum Gasteiger partial charge on any atom is 0.287 e. The van der Waals surface area contributed by atoms with Crippen LogP contribution in [0, 0.1) is 0 Å². The Morgan fingerprint density at radius 2 is 1.64 bits per heavy atom. The number of nitrogens with zero attached hydrogens (tertiary/aromatic N) is 1. The fourth-order valence-corrected chi connectivity index (χ4v) is 2.81. The van der Waals surface area contributed by atoms with Crippen LogP contribution in [0.3, 0.4) is 0 Å². The van der Waals surface area contributed by atoms with Gasteiger partial charge in [-0.25, -0.2) is 5.43 Å². The zero-order chi connectivity index (χ0) is 23.5.